The van der Waals surface area contributed by atoms with Crippen molar-refractivity contribution < 1.29 is 22.7 Å². The number of hydrogen-bond donors (Lipinski definition) is 0. The van der Waals surface area contributed by atoms with Gasteiger partial charge in [-0.2, -0.15) is 4.31 Å². The van der Waals surface area contributed by atoms with Crippen LogP contribution in [0.4, 0.5) is 0 Å². The van der Waals surface area contributed by atoms with Crippen LogP contribution in [0.25, 0.3) is 0 Å². The number of fused-ring (bicyclic) bond motifs is 1. The molecule has 0 unspecified atom stereocenters. The minimum absolute atomic E-state index is 0.0121. The van der Waals surface area contributed by atoms with E-state index in [4.69, 9.17) is 32.7 Å². The fraction of sp³-hybridized carbons (Fsp3) is 0.367. The molecule has 1 fully saturated rings. The zero-order chi connectivity index (χ0) is 29.3. The molecule has 0 spiro atoms. The molecular weight excluding hydrogens is 585 g/mol. The molecule has 3 aromatic rings. The second-order valence-electron chi connectivity index (χ2n) is 10.6. The van der Waals surface area contributed by atoms with Crippen LogP contribution in [0.2, 0.25) is 10.0 Å². The Hall–Kier alpha value is -2.82. The number of ether oxygens (including phenoxy) is 2. The second kappa shape index (κ2) is 12.2. The maximum Gasteiger partial charge on any atom is 0.244 e. The summed E-state index contributed by atoms with van der Waals surface area (Å²) in [6.07, 6.45) is 0. The van der Waals surface area contributed by atoms with Gasteiger partial charge in [-0.25, -0.2) is 8.42 Å². The van der Waals surface area contributed by atoms with Gasteiger partial charge in [-0.05, 0) is 67.3 Å². The maximum absolute atomic E-state index is 14.1. The molecule has 2 aliphatic heterocycles. The van der Waals surface area contributed by atoms with Gasteiger partial charge in [-0.3, -0.25) is 9.69 Å². The van der Waals surface area contributed by atoms with Gasteiger partial charge in [0.05, 0.1) is 21.5 Å². The number of aryl methyl sites for hydroxylation is 3. The number of nitrogens with zero attached hydrogens (tertiary/aromatic N) is 3. The van der Waals surface area contributed by atoms with Gasteiger partial charge in [-0.1, -0.05) is 53.0 Å². The first-order valence-corrected chi connectivity index (χ1v) is 15.6. The summed E-state index contributed by atoms with van der Waals surface area (Å²) in [4.78, 5) is 17.8. The molecule has 0 radical (unpaired) electrons. The van der Waals surface area contributed by atoms with Gasteiger partial charge >= 0.3 is 0 Å². The van der Waals surface area contributed by atoms with Crippen LogP contribution in [-0.2, 0) is 27.9 Å². The smallest absolute Gasteiger partial charge is 0.244 e. The second-order valence-corrected chi connectivity index (χ2v) is 13.3. The van der Waals surface area contributed by atoms with Crippen molar-refractivity contribution in [2.75, 3.05) is 39.5 Å². The minimum Gasteiger partial charge on any atom is -0.454 e. The number of amides is 1. The molecule has 11 heteroatoms. The molecule has 0 bridgehead atoms. The molecular formula is C30H33Cl2N3O5S. The Morgan fingerprint density at radius 3 is 2.20 bits per heavy atom. The lowest BCUT2D eigenvalue weighted by atomic mass is 10.1. The summed E-state index contributed by atoms with van der Waals surface area (Å²) < 4.78 is 40.3. The third-order valence-corrected chi connectivity index (χ3v) is 10.3. The Bertz CT molecular complexity index is 1550. The summed E-state index contributed by atoms with van der Waals surface area (Å²) in [6, 6.07) is 14.6. The van der Waals surface area contributed by atoms with E-state index < -0.39 is 10.0 Å². The highest BCUT2D eigenvalue weighted by molar-refractivity contribution is 7.89. The Morgan fingerprint density at radius 2 is 1.51 bits per heavy atom. The number of hydrogen-bond acceptors (Lipinski definition) is 6. The number of sulfonamides is 1. The highest BCUT2D eigenvalue weighted by Gasteiger charge is 2.32. The average Bonchev–Trinajstić information content (AvgIpc) is 3.38. The predicted molar refractivity (Wildman–Crippen MR) is 159 cm³/mol. The van der Waals surface area contributed by atoms with Crippen LogP contribution in [0.1, 0.15) is 27.8 Å². The van der Waals surface area contributed by atoms with Crippen molar-refractivity contribution in [3.8, 4) is 11.5 Å². The first-order valence-electron chi connectivity index (χ1n) is 13.4. The molecule has 41 heavy (non-hydrogen) atoms. The fourth-order valence-corrected chi connectivity index (χ4v) is 7.58. The van der Waals surface area contributed by atoms with E-state index in [0.29, 0.717) is 52.9 Å². The molecule has 0 N–H and O–H groups in total. The molecule has 2 aliphatic rings. The molecule has 0 atom stereocenters. The van der Waals surface area contributed by atoms with Crippen molar-refractivity contribution in [1.29, 1.82) is 0 Å². The Labute approximate surface area is 251 Å². The van der Waals surface area contributed by atoms with Crippen molar-refractivity contribution in [2.45, 2.75) is 38.8 Å². The van der Waals surface area contributed by atoms with Crippen molar-refractivity contribution >= 4 is 39.1 Å². The molecule has 1 amide bonds. The van der Waals surface area contributed by atoms with E-state index in [2.05, 4.69) is 4.90 Å². The lowest BCUT2D eigenvalue weighted by molar-refractivity contribution is -0.133. The first-order chi connectivity index (χ1) is 19.5. The summed E-state index contributed by atoms with van der Waals surface area (Å²) >= 11 is 12.3. The Morgan fingerprint density at radius 1 is 0.854 bits per heavy atom. The SMILES string of the molecule is Cc1cc(C)c(S(=O)(=O)N(CC(=O)N2CCN(Cc3ccc4c(c3)OCO4)CC2)Cc2ccc(Cl)c(Cl)c2)c(C)c1. The van der Waals surface area contributed by atoms with Gasteiger partial charge in [-0.15, -0.1) is 0 Å². The number of halogens is 2. The molecule has 8 nitrogen and oxygen atoms in total. The van der Waals surface area contributed by atoms with Crippen molar-refractivity contribution in [3.05, 3.63) is 86.4 Å². The number of carbonyl (C=O) groups excluding carboxylic acids is 1. The minimum atomic E-state index is -4.01. The Balaban J connectivity index is 1.31. The lowest BCUT2D eigenvalue weighted by Gasteiger charge is -2.36. The largest absolute Gasteiger partial charge is 0.454 e. The van der Waals surface area contributed by atoms with E-state index in [1.807, 2.05) is 37.3 Å². The molecule has 2 heterocycles. The van der Waals surface area contributed by atoms with Crippen molar-refractivity contribution in [2.24, 2.45) is 0 Å². The fourth-order valence-electron chi connectivity index (χ4n) is 5.47. The summed E-state index contributed by atoms with van der Waals surface area (Å²) in [6.45, 7) is 8.53. The number of rotatable bonds is 8. The van der Waals surface area contributed by atoms with Gasteiger partial charge in [0.25, 0.3) is 0 Å². The van der Waals surface area contributed by atoms with E-state index in [1.165, 1.54) is 4.31 Å². The van der Waals surface area contributed by atoms with Gasteiger partial charge in [0, 0.05) is 39.3 Å². The van der Waals surface area contributed by atoms with E-state index in [0.717, 1.165) is 29.2 Å². The van der Waals surface area contributed by atoms with Crippen LogP contribution in [-0.4, -0.2) is 67.9 Å². The maximum atomic E-state index is 14.1. The lowest BCUT2D eigenvalue weighted by Crippen LogP contribution is -2.51. The standard InChI is InChI=1S/C30H33Cl2N3O5S/c1-20-12-21(2)30(22(3)13-20)41(37,38)35(17-23-4-6-25(31)26(32)14-23)18-29(36)34-10-8-33(9-11-34)16-24-5-7-27-28(15-24)40-19-39-27/h4-7,12-15H,8-11,16-19H2,1-3H3. The zero-order valence-electron chi connectivity index (χ0n) is 23.3. The van der Waals surface area contributed by atoms with Crippen molar-refractivity contribution in [1.82, 2.24) is 14.1 Å². The molecule has 3 aromatic carbocycles. The van der Waals surface area contributed by atoms with Crippen LogP contribution in [0.15, 0.2) is 53.4 Å². The first kappa shape index (κ1) is 29.7. The topological polar surface area (TPSA) is 79.4 Å². The quantitative estimate of drug-likeness (QED) is 0.346. The summed E-state index contributed by atoms with van der Waals surface area (Å²) in [5.74, 6) is 1.26. The number of carbonyl (C=O) groups is 1. The summed E-state index contributed by atoms with van der Waals surface area (Å²) in [5.41, 5.74) is 4.02. The predicted octanol–water partition coefficient (Wildman–Crippen LogP) is 5.18. The summed E-state index contributed by atoms with van der Waals surface area (Å²) in [7, 11) is -4.01. The molecule has 5 rings (SSSR count). The van der Waals surface area contributed by atoms with Gasteiger partial charge in [0.2, 0.25) is 22.7 Å². The third kappa shape index (κ3) is 6.65. The summed E-state index contributed by atoms with van der Waals surface area (Å²) in [5, 5.41) is 0.707. The van der Waals surface area contributed by atoms with E-state index in [-0.39, 0.29) is 30.7 Å². The van der Waals surface area contributed by atoms with E-state index >= 15 is 0 Å². The molecule has 218 valence electrons. The number of benzene rings is 3. The monoisotopic (exact) mass is 617 g/mol. The van der Waals surface area contributed by atoms with E-state index in [9.17, 15) is 13.2 Å². The molecule has 0 aromatic heterocycles. The average molecular weight is 619 g/mol. The van der Waals surface area contributed by atoms with Crippen molar-refractivity contribution in [3.63, 3.8) is 0 Å². The zero-order valence-corrected chi connectivity index (χ0v) is 25.7. The molecule has 0 aliphatic carbocycles. The normalized spacial score (nSPS) is 15.5. The number of piperazine rings is 1. The van der Waals surface area contributed by atoms with Gasteiger partial charge in [0.1, 0.15) is 0 Å². The third-order valence-electron chi connectivity index (χ3n) is 7.43. The van der Waals surface area contributed by atoms with Crippen LogP contribution in [0.3, 0.4) is 0 Å². The molecule has 1 saturated heterocycles. The van der Waals surface area contributed by atoms with Crippen LogP contribution < -0.4 is 9.47 Å². The highest BCUT2D eigenvalue weighted by Crippen LogP contribution is 2.33. The van der Waals surface area contributed by atoms with Crippen LogP contribution in [0.5, 0.6) is 11.5 Å². The van der Waals surface area contributed by atoms with Crippen LogP contribution in [0, 0.1) is 20.8 Å². The van der Waals surface area contributed by atoms with Crippen LogP contribution >= 0.6 is 23.2 Å². The van der Waals surface area contributed by atoms with E-state index in [1.54, 1.807) is 36.9 Å². The Kier molecular flexibility index (Phi) is 8.82. The molecule has 0 saturated carbocycles. The highest BCUT2D eigenvalue weighted by atomic mass is 35.5. The van der Waals surface area contributed by atoms with Gasteiger partial charge in [0.15, 0.2) is 11.5 Å². The van der Waals surface area contributed by atoms with Gasteiger partial charge < -0.3 is 14.4 Å².